The lowest BCUT2D eigenvalue weighted by Gasteiger charge is -2.41. The van der Waals surface area contributed by atoms with E-state index in [1.807, 2.05) is 0 Å². The monoisotopic (exact) mass is 253 g/mol. The van der Waals surface area contributed by atoms with E-state index >= 15 is 0 Å². The number of carboxylic acids is 1. The fourth-order valence-electron chi connectivity index (χ4n) is 4.00. The summed E-state index contributed by atoms with van der Waals surface area (Å²) in [6, 6.07) is 0.877. The van der Waals surface area contributed by atoms with Gasteiger partial charge in [-0.2, -0.15) is 0 Å². The van der Waals surface area contributed by atoms with E-state index in [-0.39, 0.29) is 5.92 Å². The molecule has 2 rings (SSSR count). The Hall–Kier alpha value is -0.570. The van der Waals surface area contributed by atoms with Gasteiger partial charge in [-0.1, -0.05) is 19.8 Å². The van der Waals surface area contributed by atoms with E-state index in [9.17, 15) is 9.90 Å². The molecule has 1 heterocycles. The topological polar surface area (TPSA) is 40.5 Å². The molecule has 2 aliphatic rings. The van der Waals surface area contributed by atoms with Crippen molar-refractivity contribution in [3.8, 4) is 0 Å². The second-order valence-corrected chi connectivity index (χ2v) is 6.21. The Kier molecular flexibility index (Phi) is 4.66. The molecule has 0 aromatic heterocycles. The van der Waals surface area contributed by atoms with Crippen molar-refractivity contribution in [1.82, 2.24) is 4.90 Å². The molecule has 0 amide bonds. The summed E-state index contributed by atoms with van der Waals surface area (Å²) in [6.07, 6.45) is 8.08. The lowest BCUT2D eigenvalue weighted by atomic mass is 9.76. The minimum atomic E-state index is -0.575. The highest BCUT2D eigenvalue weighted by Gasteiger charge is 2.40. The molecule has 18 heavy (non-hydrogen) atoms. The van der Waals surface area contributed by atoms with Crippen molar-refractivity contribution in [2.24, 2.45) is 11.8 Å². The molecule has 0 bridgehead atoms. The number of carboxylic acid groups (broad SMARTS) is 1. The molecule has 0 aromatic rings. The third-order valence-corrected chi connectivity index (χ3v) is 4.97. The molecule has 3 heteroatoms. The Labute approximate surface area is 111 Å². The second-order valence-electron chi connectivity index (χ2n) is 6.21. The van der Waals surface area contributed by atoms with Crippen molar-refractivity contribution in [2.75, 3.05) is 6.54 Å². The maximum atomic E-state index is 11.5. The van der Waals surface area contributed by atoms with Crippen molar-refractivity contribution in [3.05, 3.63) is 0 Å². The highest BCUT2D eigenvalue weighted by molar-refractivity contribution is 5.71. The van der Waals surface area contributed by atoms with Gasteiger partial charge in [-0.15, -0.1) is 0 Å². The van der Waals surface area contributed by atoms with Crippen molar-refractivity contribution >= 4 is 5.97 Å². The largest absolute Gasteiger partial charge is 0.481 e. The number of rotatable bonds is 4. The van der Waals surface area contributed by atoms with Gasteiger partial charge >= 0.3 is 5.97 Å². The third-order valence-electron chi connectivity index (χ3n) is 4.97. The summed E-state index contributed by atoms with van der Waals surface area (Å²) in [5, 5.41) is 9.44. The fraction of sp³-hybridized carbons (Fsp3) is 0.933. The molecule has 4 atom stereocenters. The van der Waals surface area contributed by atoms with Gasteiger partial charge < -0.3 is 5.11 Å². The first kappa shape index (κ1) is 13.9. The predicted molar refractivity (Wildman–Crippen MR) is 72.6 cm³/mol. The number of likely N-dealkylation sites (tertiary alicyclic amines) is 1. The quantitative estimate of drug-likeness (QED) is 0.836. The predicted octanol–water partition coefficient (Wildman–Crippen LogP) is 3.14. The fourth-order valence-corrected chi connectivity index (χ4v) is 4.00. The Morgan fingerprint density at radius 3 is 2.67 bits per heavy atom. The molecule has 1 aliphatic carbocycles. The van der Waals surface area contributed by atoms with Gasteiger partial charge in [-0.3, -0.25) is 9.69 Å². The summed E-state index contributed by atoms with van der Waals surface area (Å²) in [6.45, 7) is 5.60. The number of carbonyl (C=O) groups is 1. The lowest BCUT2D eigenvalue weighted by molar-refractivity contribution is -0.146. The van der Waals surface area contributed by atoms with Gasteiger partial charge in [0.1, 0.15) is 0 Å². The maximum Gasteiger partial charge on any atom is 0.308 e. The summed E-state index contributed by atoms with van der Waals surface area (Å²) in [4.78, 5) is 14.0. The summed E-state index contributed by atoms with van der Waals surface area (Å²) in [5.74, 6) is 0.0519. The first-order valence-electron chi connectivity index (χ1n) is 7.62. The SMILES string of the molecule is CCCC1CCC(C(=O)O)C(N2CCCC2C)C1. The van der Waals surface area contributed by atoms with E-state index < -0.39 is 5.97 Å². The van der Waals surface area contributed by atoms with E-state index in [4.69, 9.17) is 0 Å². The van der Waals surface area contributed by atoms with Crippen LogP contribution in [0.15, 0.2) is 0 Å². The number of aliphatic carboxylic acids is 1. The molecule has 0 aromatic carbocycles. The van der Waals surface area contributed by atoms with Crippen LogP contribution >= 0.6 is 0 Å². The minimum absolute atomic E-state index is 0.126. The number of hydrogen-bond acceptors (Lipinski definition) is 2. The van der Waals surface area contributed by atoms with Crippen molar-refractivity contribution < 1.29 is 9.90 Å². The molecule has 1 saturated heterocycles. The van der Waals surface area contributed by atoms with Gasteiger partial charge in [0.25, 0.3) is 0 Å². The van der Waals surface area contributed by atoms with E-state index in [1.165, 1.54) is 25.7 Å². The van der Waals surface area contributed by atoms with Crippen LogP contribution in [0.3, 0.4) is 0 Å². The zero-order chi connectivity index (χ0) is 13.1. The molecule has 0 radical (unpaired) electrons. The molecule has 104 valence electrons. The van der Waals surface area contributed by atoms with Crippen LogP contribution in [0.2, 0.25) is 0 Å². The van der Waals surface area contributed by atoms with Crippen LogP contribution < -0.4 is 0 Å². The first-order chi connectivity index (χ1) is 8.63. The average molecular weight is 253 g/mol. The molecule has 1 N–H and O–H groups in total. The third kappa shape index (κ3) is 2.87. The van der Waals surface area contributed by atoms with Crippen molar-refractivity contribution in [1.29, 1.82) is 0 Å². The summed E-state index contributed by atoms with van der Waals surface area (Å²) in [7, 11) is 0. The van der Waals surface area contributed by atoms with E-state index in [0.717, 1.165) is 31.7 Å². The molecule has 1 saturated carbocycles. The minimum Gasteiger partial charge on any atom is -0.481 e. The highest BCUT2D eigenvalue weighted by Crippen LogP contribution is 2.37. The smallest absolute Gasteiger partial charge is 0.308 e. The van der Waals surface area contributed by atoms with Crippen molar-refractivity contribution in [2.45, 2.75) is 70.9 Å². The molecule has 3 nitrogen and oxygen atoms in total. The summed E-state index contributed by atoms with van der Waals surface area (Å²) >= 11 is 0. The standard InChI is InChI=1S/C15H27NO2/c1-3-5-12-7-8-13(15(17)18)14(10-12)16-9-4-6-11(16)2/h11-14H,3-10H2,1-2H3,(H,17,18). The molecule has 1 aliphatic heterocycles. The van der Waals surface area contributed by atoms with Gasteiger partial charge in [0, 0.05) is 12.1 Å². The van der Waals surface area contributed by atoms with Crippen LogP contribution in [0.25, 0.3) is 0 Å². The second kappa shape index (κ2) is 6.05. The van der Waals surface area contributed by atoms with Crippen LogP contribution in [-0.4, -0.2) is 34.6 Å². The summed E-state index contributed by atoms with van der Waals surface area (Å²) < 4.78 is 0. The van der Waals surface area contributed by atoms with Gasteiger partial charge in [0.2, 0.25) is 0 Å². The van der Waals surface area contributed by atoms with Crippen LogP contribution in [-0.2, 0) is 4.79 Å². The van der Waals surface area contributed by atoms with Crippen LogP contribution in [0.1, 0.15) is 58.8 Å². The van der Waals surface area contributed by atoms with Gasteiger partial charge in [-0.05, 0) is 51.5 Å². The van der Waals surface area contributed by atoms with E-state index in [1.54, 1.807) is 0 Å². The number of nitrogens with zero attached hydrogens (tertiary/aromatic N) is 1. The Bertz CT molecular complexity index is 292. The van der Waals surface area contributed by atoms with Gasteiger partial charge in [0.05, 0.1) is 5.92 Å². The maximum absolute atomic E-state index is 11.5. The molecular formula is C15H27NO2. The molecule has 4 unspecified atom stereocenters. The van der Waals surface area contributed by atoms with Gasteiger partial charge in [-0.25, -0.2) is 0 Å². The number of hydrogen-bond donors (Lipinski definition) is 1. The molecular weight excluding hydrogens is 226 g/mol. The van der Waals surface area contributed by atoms with E-state index in [0.29, 0.717) is 12.1 Å². The lowest BCUT2D eigenvalue weighted by Crippen LogP contribution is -2.48. The Balaban J connectivity index is 2.06. The Morgan fingerprint density at radius 2 is 2.11 bits per heavy atom. The average Bonchev–Trinajstić information content (AvgIpc) is 2.75. The summed E-state index contributed by atoms with van der Waals surface area (Å²) in [5.41, 5.74) is 0. The normalized spacial score (nSPS) is 37.9. The van der Waals surface area contributed by atoms with Crippen molar-refractivity contribution in [3.63, 3.8) is 0 Å². The van der Waals surface area contributed by atoms with E-state index in [2.05, 4.69) is 18.7 Å². The first-order valence-corrected chi connectivity index (χ1v) is 7.62. The highest BCUT2D eigenvalue weighted by atomic mass is 16.4. The van der Waals surface area contributed by atoms with Crippen LogP contribution in [0, 0.1) is 11.8 Å². The zero-order valence-electron chi connectivity index (χ0n) is 11.8. The Morgan fingerprint density at radius 1 is 1.33 bits per heavy atom. The molecule has 2 fully saturated rings. The van der Waals surface area contributed by atoms with Gasteiger partial charge in [0.15, 0.2) is 0 Å². The zero-order valence-corrected chi connectivity index (χ0v) is 11.8. The molecule has 0 spiro atoms. The van der Waals surface area contributed by atoms with Crippen LogP contribution in [0.5, 0.6) is 0 Å². The van der Waals surface area contributed by atoms with Crippen LogP contribution in [0.4, 0.5) is 0 Å².